The molecule has 0 aliphatic heterocycles. The number of aliphatic hydroxyl groups is 1. The number of hydrogen-bond donors (Lipinski definition) is 2. The third-order valence-electron chi connectivity index (χ3n) is 7.02. The molecule has 0 aliphatic rings. The summed E-state index contributed by atoms with van der Waals surface area (Å²) in [7, 11) is 0. The highest BCUT2D eigenvalue weighted by Crippen LogP contribution is 2.29. The minimum absolute atomic E-state index is 0.0813. The molecule has 1 heterocycles. The Balaban J connectivity index is 1.43. The van der Waals surface area contributed by atoms with Gasteiger partial charge in [-0.2, -0.15) is 0 Å². The standard InChI is InChI=1S/C34H36N2O4/c1-24-18-29-30(19-25(24)2)36-34(35-29)33(40-22-28-16-10-5-11-17-28)32(39-21-27-14-8-4-9-15-27)31(37)23-38-20-26-12-6-3-7-13-26/h3-19,31-33,37H,20-23H2,1-2H3,(H,35,36)/t31-,32-,33-/m1/s1. The maximum absolute atomic E-state index is 11.5. The number of benzene rings is 4. The van der Waals surface area contributed by atoms with Crippen LogP contribution in [0.25, 0.3) is 11.0 Å². The molecule has 4 aromatic carbocycles. The lowest BCUT2D eigenvalue weighted by molar-refractivity contribution is -0.151. The topological polar surface area (TPSA) is 76.6 Å². The molecule has 0 amide bonds. The molecule has 6 nitrogen and oxygen atoms in total. The Kier molecular flexibility index (Phi) is 9.37. The number of aromatic amines is 1. The lowest BCUT2D eigenvalue weighted by atomic mass is 10.1. The van der Waals surface area contributed by atoms with Crippen LogP contribution in [0.2, 0.25) is 0 Å². The van der Waals surface area contributed by atoms with Crippen molar-refractivity contribution < 1.29 is 19.3 Å². The van der Waals surface area contributed by atoms with Gasteiger partial charge in [0.2, 0.25) is 0 Å². The molecule has 1 aromatic heterocycles. The van der Waals surface area contributed by atoms with Crippen molar-refractivity contribution in [3.8, 4) is 0 Å². The van der Waals surface area contributed by atoms with E-state index in [2.05, 4.69) is 31.0 Å². The van der Waals surface area contributed by atoms with Gasteiger partial charge in [-0.3, -0.25) is 0 Å². The van der Waals surface area contributed by atoms with Crippen molar-refractivity contribution in [2.75, 3.05) is 6.61 Å². The smallest absolute Gasteiger partial charge is 0.144 e. The Labute approximate surface area is 235 Å². The van der Waals surface area contributed by atoms with Gasteiger partial charge in [-0.15, -0.1) is 0 Å². The molecule has 40 heavy (non-hydrogen) atoms. The first-order valence-corrected chi connectivity index (χ1v) is 13.6. The summed E-state index contributed by atoms with van der Waals surface area (Å²) in [5.41, 5.74) is 7.17. The number of nitrogens with zero attached hydrogens (tertiary/aromatic N) is 1. The molecular formula is C34H36N2O4. The van der Waals surface area contributed by atoms with Crippen LogP contribution >= 0.6 is 0 Å². The van der Waals surface area contributed by atoms with Crippen LogP contribution < -0.4 is 0 Å². The summed E-state index contributed by atoms with van der Waals surface area (Å²) < 4.78 is 18.9. The fourth-order valence-corrected chi connectivity index (χ4v) is 4.65. The molecule has 0 fully saturated rings. The van der Waals surface area contributed by atoms with Crippen LogP contribution in [0.3, 0.4) is 0 Å². The monoisotopic (exact) mass is 536 g/mol. The van der Waals surface area contributed by atoms with Crippen LogP contribution in [0, 0.1) is 13.8 Å². The zero-order valence-electron chi connectivity index (χ0n) is 23.0. The van der Waals surface area contributed by atoms with Crippen molar-refractivity contribution in [3.63, 3.8) is 0 Å². The first-order valence-electron chi connectivity index (χ1n) is 13.6. The number of hydrogen-bond acceptors (Lipinski definition) is 5. The van der Waals surface area contributed by atoms with Gasteiger partial charge in [-0.1, -0.05) is 91.0 Å². The van der Waals surface area contributed by atoms with Crippen LogP contribution in [-0.4, -0.2) is 33.9 Å². The van der Waals surface area contributed by atoms with Crippen LogP contribution in [0.5, 0.6) is 0 Å². The number of ether oxygens (including phenoxy) is 3. The van der Waals surface area contributed by atoms with Gasteiger partial charge >= 0.3 is 0 Å². The van der Waals surface area contributed by atoms with Gasteiger partial charge in [0.25, 0.3) is 0 Å². The van der Waals surface area contributed by atoms with Gasteiger partial charge in [0.1, 0.15) is 24.1 Å². The van der Waals surface area contributed by atoms with Crippen LogP contribution in [0.4, 0.5) is 0 Å². The highest BCUT2D eigenvalue weighted by Gasteiger charge is 2.34. The van der Waals surface area contributed by atoms with Gasteiger partial charge in [0.15, 0.2) is 0 Å². The van der Waals surface area contributed by atoms with E-state index in [9.17, 15) is 5.11 Å². The van der Waals surface area contributed by atoms with E-state index >= 15 is 0 Å². The summed E-state index contributed by atoms with van der Waals surface area (Å²) in [5, 5.41) is 11.5. The molecule has 5 aromatic rings. The van der Waals surface area contributed by atoms with Gasteiger partial charge < -0.3 is 24.3 Å². The zero-order valence-corrected chi connectivity index (χ0v) is 23.0. The first kappa shape index (κ1) is 27.7. The average Bonchev–Trinajstić information content (AvgIpc) is 3.38. The maximum atomic E-state index is 11.5. The lowest BCUT2D eigenvalue weighted by Crippen LogP contribution is -2.39. The van der Waals surface area contributed by atoms with Crippen molar-refractivity contribution >= 4 is 11.0 Å². The lowest BCUT2D eigenvalue weighted by Gasteiger charge is -2.30. The fourth-order valence-electron chi connectivity index (χ4n) is 4.65. The quantitative estimate of drug-likeness (QED) is 0.177. The van der Waals surface area contributed by atoms with E-state index in [0.717, 1.165) is 27.7 Å². The molecular weight excluding hydrogens is 500 g/mol. The van der Waals surface area contributed by atoms with Crippen LogP contribution in [0.1, 0.15) is 39.7 Å². The molecule has 0 unspecified atom stereocenters. The second-order valence-corrected chi connectivity index (χ2v) is 10.1. The Bertz CT molecular complexity index is 1430. The Morgan fingerprint density at radius 3 is 1.82 bits per heavy atom. The summed E-state index contributed by atoms with van der Waals surface area (Å²) in [6.07, 6.45) is -2.39. The fraction of sp³-hybridized carbons (Fsp3) is 0.265. The number of fused-ring (bicyclic) bond motifs is 1. The third kappa shape index (κ3) is 7.23. The normalized spacial score (nSPS) is 13.8. The van der Waals surface area contributed by atoms with Crippen molar-refractivity contribution in [3.05, 3.63) is 137 Å². The summed E-state index contributed by atoms with van der Waals surface area (Å²) in [5.74, 6) is 0.608. The van der Waals surface area contributed by atoms with E-state index < -0.39 is 18.3 Å². The number of aliphatic hydroxyl groups excluding tert-OH is 1. The molecule has 0 aliphatic carbocycles. The second-order valence-electron chi connectivity index (χ2n) is 10.1. The summed E-state index contributed by atoms with van der Waals surface area (Å²) in [4.78, 5) is 8.35. The van der Waals surface area contributed by atoms with Crippen molar-refractivity contribution in [1.82, 2.24) is 9.97 Å². The molecule has 5 rings (SSSR count). The van der Waals surface area contributed by atoms with Gasteiger partial charge in [-0.25, -0.2) is 4.98 Å². The minimum Gasteiger partial charge on any atom is -0.388 e. The highest BCUT2D eigenvalue weighted by atomic mass is 16.6. The van der Waals surface area contributed by atoms with E-state index in [1.165, 1.54) is 11.1 Å². The number of aryl methyl sites for hydroxylation is 2. The highest BCUT2D eigenvalue weighted by molar-refractivity contribution is 5.77. The molecule has 0 bridgehead atoms. The average molecular weight is 537 g/mol. The van der Waals surface area contributed by atoms with Crippen molar-refractivity contribution in [1.29, 1.82) is 0 Å². The molecule has 2 N–H and O–H groups in total. The SMILES string of the molecule is Cc1cc2nc([C@H](OCc3ccccc3)[C@H](OCc3ccccc3)[C@H](O)COCc3ccccc3)[nH]c2cc1C. The minimum atomic E-state index is -0.968. The molecule has 6 heteroatoms. The Hall–Kier alpha value is -3.81. The van der Waals surface area contributed by atoms with E-state index in [0.29, 0.717) is 25.6 Å². The predicted octanol–water partition coefficient (Wildman–Crippen LogP) is 6.60. The van der Waals surface area contributed by atoms with E-state index in [1.807, 2.05) is 91.0 Å². The van der Waals surface area contributed by atoms with Crippen molar-refractivity contribution in [2.24, 2.45) is 0 Å². The third-order valence-corrected chi connectivity index (χ3v) is 7.02. The van der Waals surface area contributed by atoms with Gasteiger partial charge in [0, 0.05) is 0 Å². The number of nitrogens with one attached hydrogen (secondary N) is 1. The zero-order chi connectivity index (χ0) is 27.7. The number of rotatable bonds is 13. The second kappa shape index (κ2) is 13.5. The Morgan fingerprint density at radius 2 is 1.23 bits per heavy atom. The predicted molar refractivity (Wildman–Crippen MR) is 157 cm³/mol. The summed E-state index contributed by atoms with van der Waals surface area (Å²) >= 11 is 0. The van der Waals surface area contributed by atoms with E-state index in [1.54, 1.807) is 0 Å². The molecule has 0 radical (unpaired) electrons. The maximum Gasteiger partial charge on any atom is 0.144 e. The molecule has 206 valence electrons. The number of aromatic nitrogens is 2. The van der Waals surface area contributed by atoms with Crippen molar-refractivity contribution in [2.45, 2.75) is 52.0 Å². The molecule has 0 saturated carbocycles. The molecule has 0 saturated heterocycles. The number of imidazole rings is 1. The van der Waals surface area contributed by atoms with Gasteiger partial charge in [-0.05, 0) is 53.8 Å². The molecule has 3 atom stereocenters. The Morgan fingerprint density at radius 1 is 0.700 bits per heavy atom. The first-order chi connectivity index (χ1) is 19.6. The molecule has 0 spiro atoms. The number of H-pyrrole nitrogens is 1. The van der Waals surface area contributed by atoms with Crippen LogP contribution in [-0.2, 0) is 34.0 Å². The van der Waals surface area contributed by atoms with Crippen LogP contribution in [0.15, 0.2) is 103 Å². The van der Waals surface area contributed by atoms with E-state index in [4.69, 9.17) is 19.2 Å². The van der Waals surface area contributed by atoms with E-state index in [-0.39, 0.29) is 6.61 Å². The largest absolute Gasteiger partial charge is 0.388 e. The summed E-state index contributed by atoms with van der Waals surface area (Å²) in [6, 6.07) is 34.0. The van der Waals surface area contributed by atoms with Gasteiger partial charge in [0.05, 0.1) is 37.5 Å². The summed E-state index contributed by atoms with van der Waals surface area (Å²) in [6.45, 7) is 5.28.